The van der Waals surface area contributed by atoms with Gasteiger partial charge in [-0.05, 0) is 62.6 Å². The van der Waals surface area contributed by atoms with Gasteiger partial charge in [0.1, 0.15) is 5.60 Å². The molecule has 0 aliphatic carbocycles. The number of hydrogen-bond donors (Lipinski definition) is 2. The van der Waals surface area contributed by atoms with E-state index in [0.29, 0.717) is 17.8 Å². The minimum atomic E-state index is -0.585. The zero-order valence-electron chi connectivity index (χ0n) is 20.2. The van der Waals surface area contributed by atoms with Crippen LogP contribution in [0.4, 0.5) is 10.5 Å². The van der Waals surface area contributed by atoms with E-state index in [1.54, 1.807) is 23.1 Å². The van der Waals surface area contributed by atoms with Gasteiger partial charge in [0.25, 0.3) is 11.8 Å². The maximum atomic E-state index is 13.1. The van der Waals surface area contributed by atoms with Gasteiger partial charge in [-0.25, -0.2) is 9.78 Å². The first-order chi connectivity index (χ1) is 16.7. The molecule has 1 aliphatic heterocycles. The van der Waals surface area contributed by atoms with Crippen molar-refractivity contribution in [1.29, 1.82) is 0 Å². The van der Waals surface area contributed by atoms with E-state index in [2.05, 4.69) is 15.6 Å². The molecule has 3 amide bonds. The van der Waals surface area contributed by atoms with Crippen LogP contribution in [0.15, 0.2) is 60.8 Å². The van der Waals surface area contributed by atoms with Crippen LogP contribution in [0.2, 0.25) is 0 Å². The Bertz CT molecular complexity index is 1250. The Labute approximate surface area is 204 Å². The molecule has 1 saturated heterocycles. The predicted molar refractivity (Wildman–Crippen MR) is 134 cm³/mol. The van der Waals surface area contributed by atoms with Crippen molar-refractivity contribution < 1.29 is 19.1 Å². The van der Waals surface area contributed by atoms with Gasteiger partial charge in [-0.2, -0.15) is 0 Å². The second-order valence-corrected chi connectivity index (χ2v) is 9.56. The van der Waals surface area contributed by atoms with Crippen molar-refractivity contribution in [3.63, 3.8) is 0 Å². The second kappa shape index (κ2) is 10.1. The predicted octanol–water partition coefficient (Wildman–Crippen LogP) is 4.62. The van der Waals surface area contributed by atoms with Gasteiger partial charge in [-0.15, -0.1) is 0 Å². The number of hydrogen-bond acceptors (Lipinski definition) is 5. The lowest BCUT2D eigenvalue weighted by Crippen LogP contribution is -2.45. The summed E-state index contributed by atoms with van der Waals surface area (Å²) in [6, 6.07) is 16.3. The zero-order valence-corrected chi connectivity index (χ0v) is 20.2. The van der Waals surface area contributed by atoms with Crippen molar-refractivity contribution in [1.82, 2.24) is 15.2 Å². The number of pyridine rings is 1. The molecule has 1 unspecified atom stereocenters. The van der Waals surface area contributed by atoms with Crippen LogP contribution in [0.5, 0.6) is 0 Å². The first-order valence-corrected chi connectivity index (χ1v) is 11.7. The summed E-state index contributed by atoms with van der Waals surface area (Å²) in [4.78, 5) is 44.5. The van der Waals surface area contributed by atoms with Gasteiger partial charge in [-0.1, -0.05) is 36.4 Å². The second-order valence-electron chi connectivity index (χ2n) is 9.56. The summed E-state index contributed by atoms with van der Waals surface area (Å²) < 4.78 is 5.49. The smallest absolute Gasteiger partial charge is 0.410 e. The number of carbonyl (C=O) groups excluding carboxylic acids is 3. The molecule has 0 radical (unpaired) electrons. The van der Waals surface area contributed by atoms with E-state index in [-0.39, 0.29) is 30.3 Å². The number of rotatable bonds is 5. The van der Waals surface area contributed by atoms with Crippen LogP contribution < -0.4 is 10.6 Å². The first-order valence-electron chi connectivity index (χ1n) is 11.7. The number of anilines is 1. The lowest BCUT2D eigenvalue weighted by atomic mass is 10.0. The molecule has 1 atom stereocenters. The molecular weight excluding hydrogens is 444 g/mol. The number of nitrogens with one attached hydrogen (secondary N) is 2. The van der Waals surface area contributed by atoms with Gasteiger partial charge in [0.2, 0.25) is 0 Å². The van der Waals surface area contributed by atoms with E-state index < -0.39 is 11.5 Å². The van der Waals surface area contributed by atoms with Gasteiger partial charge in [-0.3, -0.25) is 9.59 Å². The van der Waals surface area contributed by atoms with Crippen LogP contribution in [0.3, 0.4) is 0 Å². The van der Waals surface area contributed by atoms with Crippen LogP contribution in [0.1, 0.15) is 54.5 Å². The van der Waals surface area contributed by atoms with Crippen molar-refractivity contribution >= 4 is 34.4 Å². The van der Waals surface area contributed by atoms with Crippen LogP contribution in [-0.4, -0.2) is 52.5 Å². The van der Waals surface area contributed by atoms with E-state index in [0.717, 1.165) is 23.6 Å². The topological polar surface area (TPSA) is 101 Å². The Morgan fingerprint density at radius 3 is 2.60 bits per heavy atom. The van der Waals surface area contributed by atoms with E-state index in [1.165, 1.54) is 6.20 Å². The summed E-state index contributed by atoms with van der Waals surface area (Å²) in [5, 5.41) is 7.48. The fourth-order valence-corrected chi connectivity index (χ4v) is 4.20. The molecule has 1 aromatic heterocycles. The molecule has 8 nitrogen and oxygen atoms in total. The Kier molecular flexibility index (Phi) is 7.00. The van der Waals surface area contributed by atoms with Gasteiger partial charge in [0.05, 0.1) is 11.7 Å². The highest BCUT2D eigenvalue weighted by Crippen LogP contribution is 2.22. The number of fused-ring (bicyclic) bond motifs is 1. The van der Waals surface area contributed by atoms with Crippen LogP contribution in [0, 0.1) is 0 Å². The highest BCUT2D eigenvalue weighted by molar-refractivity contribution is 6.14. The molecule has 35 heavy (non-hydrogen) atoms. The quantitative estimate of drug-likeness (QED) is 0.562. The van der Waals surface area contributed by atoms with Gasteiger partial charge in [0, 0.05) is 24.8 Å². The van der Waals surface area contributed by atoms with E-state index in [4.69, 9.17) is 4.74 Å². The van der Waals surface area contributed by atoms with E-state index in [1.807, 2.05) is 57.2 Å². The highest BCUT2D eigenvalue weighted by Gasteiger charge is 2.32. The third-order valence-electron chi connectivity index (χ3n) is 5.81. The molecule has 8 heteroatoms. The number of nitrogens with zero attached hydrogens (tertiary/aromatic N) is 2. The van der Waals surface area contributed by atoms with Crippen molar-refractivity contribution in [2.45, 2.75) is 45.3 Å². The molecule has 2 N–H and O–H groups in total. The third kappa shape index (κ3) is 5.77. The molecule has 1 fully saturated rings. The average Bonchev–Trinajstić information content (AvgIpc) is 3.30. The number of benzene rings is 2. The van der Waals surface area contributed by atoms with E-state index >= 15 is 0 Å². The summed E-state index contributed by atoms with van der Waals surface area (Å²) >= 11 is 0. The SMILES string of the molecule is CC(C)(C)OC(=O)N1CCCC1CNC(=O)c1ncccc1NC(=O)c1cccc2ccccc12. The molecule has 182 valence electrons. The Hall–Kier alpha value is -3.94. The van der Waals surface area contributed by atoms with Crippen LogP contribution >= 0.6 is 0 Å². The number of amides is 3. The molecule has 2 heterocycles. The minimum Gasteiger partial charge on any atom is -0.444 e. The summed E-state index contributed by atoms with van der Waals surface area (Å²) in [6.45, 7) is 6.34. The largest absolute Gasteiger partial charge is 0.444 e. The maximum Gasteiger partial charge on any atom is 0.410 e. The number of likely N-dealkylation sites (tertiary alicyclic amines) is 1. The molecule has 0 spiro atoms. The van der Waals surface area contributed by atoms with Crippen molar-refractivity contribution in [2.24, 2.45) is 0 Å². The molecule has 3 aromatic rings. The lowest BCUT2D eigenvalue weighted by molar-refractivity contribution is 0.0225. The standard InChI is InChI=1S/C27H30N4O4/c1-27(2,3)35-26(34)31-16-8-11-19(31)17-29-25(33)23-22(14-7-15-28-23)30-24(32)21-13-6-10-18-9-4-5-12-20(18)21/h4-7,9-10,12-15,19H,8,11,16-17H2,1-3H3,(H,29,33)(H,30,32). The van der Waals surface area contributed by atoms with Crippen molar-refractivity contribution in [3.8, 4) is 0 Å². The Morgan fingerprint density at radius 1 is 1.03 bits per heavy atom. The molecule has 1 aliphatic rings. The average molecular weight is 475 g/mol. The molecular formula is C27H30N4O4. The summed E-state index contributed by atoms with van der Waals surface area (Å²) in [5.74, 6) is -0.745. The fraction of sp³-hybridized carbons (Fsp3) is 0.333. The molecule has 0 bridgehead atoms. The Balaban J connectivity index is 1.44. The molecule has 4 rings (SSSR count). The van der Waals surface area contributed by atoms with Crippen molar-refractivity contribution in [2.75, 3.05) is 18.4 Å². The number of carbonyl (C=O) groups is 3. The number of aromatic nitrogens is 1. The summed E-state index contributed by atoms with van der Waals surface area (Å²) in [7, 11) is 0. The monoisotopic (exact) mass is 474 g/mol. The first kappa shape index (κ1) is 24.2. The van der Waals surface area contributed by atoms with Gasteiger partial charge >= 0.3 is 6.09 Å². The van der Waals surface area contributed by atoms with Gasteiger partial charge < -0.3 is 20.3 Å². The highest BCUT2D eigenvalue weighted by atomic mass is 16.6. The third-order valence-corrected chi connectivity index (χ3v) is 5.81. The molecule has 2 aromatic carbocycles. The van der Waals surface area contributed by atoms with E-state index in [9.17, 15) is 14.4 Å². The fourth-order valence-electron chi connectivity index (χ4n) is 4.20. The molecule has 0 saturated carbocycles. The minimum absolute atomic E-state index is 0.114. The Morgan fingerprint density at radius 2 is 1.80 bits per heavy atom. The number of ether oxygens (including phenoxy) is 1. The zero-order chi connectivity index (χ0) is 25.0. The lowest BCUT2D eigenvalue weighted by Gasteiger charge is -2.28. The summed E-state index contributed by atoms with van der Waals surface area (Å²) in [5.41, 5.74) is 0.358. The van der Waals surface area contributed by atoms with Crippen LogP contribution in [0.25, 0.3) is 10.8 Å². The van der Waals surface area contributed by atoms with Gasteiger partial charge in [0.15, 0.2) is 5.69 Å². The summed E-state index contributed by atoms with van der Waals surface area (Å²) in [6.07, 6.45) is 2.74. The maximum absolute atomic E-state index is 13.1. The van der Waals surface area contributed by atoms with Crippen LogP contribution in [-0.2, 0) is 4.74 Å². The normalized spacial score (nSPS) is 15.6. The van der Waals surface area contributed by atoms with Crippen molar-refractivity contribution in [3.05, 3.63) is 72.1 Å².